The Balaban J connectivity index is 2.22. The standard InChI is InChI=1S/C13H24O12/c1-22-12-9(19)7(17)10(5(3-15)23-12)25-13(21)11(20)8(18)6(16)4(2-14)24-13/h4-12,14-21H,2-3H2,1H3/t4-,5-,6+,7-,8+,9-,10+,11-,12-,13-/m1/s1. The summed E-state index contributed by atoms with van der Waals surface area (Å²) in [7, 11) is 1.20. The maximum absolute atomic E-state index is 10.4. The number of rotatable bonds is 5. The lowest BCUT2D eigenvalue weighted by Gasteiger charge is -2.49. The fourth-order valence-electron chi connectivity index (χ4n) is 2.81. The van der Waals surface area contributed by atoms with E-state index in [1.807, 2.05) is 0 Å². The highest BCUT2D eigenvalue weighted by Gasteiger charge is 2.57. The third kappa shape index (κ3) is 3.80. The largest absolute Gasteiger partial charge is 0.394 e. The van der Waals surface area contributed by atoms with Gasteiger partial charge in [-0.2, -0.15) is 0 Å². The average molecular weight is 372 g/mol. The van der Waals surface area contributed by atoms with Crippen LogP contribution in [0.3, 0.4) is 0 Å². The molecule has 0 unspecified atom stereocenters. The van der Waals surface area contributed by atoms with Crippen molar-refractivity contribution in [3.05, 3.63) is 0 Å². The Morgan fingerprint density at radius 3 is 2.00 bits per heavy atom. The summed E-state index contributed by atoms with van der Waals surface area (Å²) in [5.74, 6) is -2.96. The molecule has 0 aliphatic carbocycles. The second kappa shape index (κ2) is 8.04. The molecular weight excluding hydrogens is 348 g/mol. The van der Waals surface area contributed by atoms with Gasteiger partial charge < -0.3 is 59.8 Å². The molecule has 8 N–H and O–H groups in total. The lowest BCUT2D eigenvalue weighted by molar-refractivity contribution is -0.473. The highest BCUT2D eigenvalue weighted by Crippen LogP contribution is 2.34. The van der Waals surface area contributed by atoms with Gasteiger partial charge in [-0.15, -0.1) is 0 Å². The second-order valence-corrected chi connectivity index (χ2v) is 5.92. The molecule has 0 aromatic carbocycles. The predicted octanol–water partition coefficient (Wildman–Crippen LogP) is -5.42. The number of methoxy groups -OCH3 is 1. The van der Waals surface area contributed by atoms with E-state index in [-0.39, 0.29) is 0 Å². The van der Waals surface area contributed by atoms with Gasteiger partial charge in [-0.05, 0) is 0 Å². The minimum Gasteiger partial charge on any atom is -0.394 e. The van der Waals surface area contributed by atoms with E-state index < -0.39 is 74.3 Å². The molecule has 10 atom stereocenters. The molecular formula is C13H24O12. The van der Waals surface area contributed by atoms with Gasteiger partial charge in [0.2, 0.25) is 0 Å². The zero-order chi connectivity index (χ0) is 18.9. The molecule has 2 rings (SSSR count). The average Bonchev–Trinajstić information content (AvgIpc) is 2.61. The lowest BCUT2D eigenvalue weighted by Crippen LogP contribution is -2.70. The van der Waals surface area contributed by atoms with Crippen molar-refractivity contribution in [1.29, 1.82) is 0 Å². The first kappa shape index (κ1) is 20.8. The van der Waals surface area contributed by atoms with E-state index in [9.17, 15) is 35.7 Å². The summed E-state index contributed by atoms with van der Waals surface area (Å²) >= 11 is 0. The Hall–Kier alpha value is -0.480. The zero-order valence-electron chi connectivity index (χ0n) is 13.3. The molecule has 0 amide bonds. The number of hydrogen-bond donors (Lipinski definition) is 8. The molecule has 2 heterocycles. The molecule has 2 aliphatic heterocycles. The third-order valence-electron chi connectivity index (χ3n) is 4.29. The van der Waals surface area contributed by atoms with Crippen molar-refractivity contribution < 1.29 is 59.8 Å². The molecule has 0 radical (unpaired) electrons. The first-order valence-electron chi connectivity index (χ1n) is 7.58. The minimum absolute atomic E-state index is 0.713. The van der Waals surface area contributed by atoms with E-state index in [0.29, 0.717) is 0 Å². The van der Waals surface area contributed by atoms with Crippen LogP contribution in [-0.4, -0.2) is 122 Å². The number of hydrogen-bond acceptors (Lipinski definition) is 12. The van der Waals surface area contributed by atoms with E-state index in [1.54, 1.807) is 0 Å². The summed E-state index contributed by atoms with van der Waals surface area (Å²) < 4.78 is 20.0. The molecule has 2 aliphatic rings. The summed E-state index contributed by atoms with van der Waals surface area (Å²) in [6, 6.07) is 0. The van der Waals surface area contributed by atoms with Gasteiger partial charge in [0.1, 0.15) is 42.7 Å². The van der Waals surface area contributed by atoms with Gasteiger partial charge in [0.25, 0.3) is 0 Å². The van der Waals surface area contributed by atoms with Gasteiger partial charge in [0, 0.05) is 7.11 Å². The fourth-order valence-corrected chi connectivity index (χ4v) is 2.81. The van der Waals surface area contributed by atoms with Crippen molar-refractivity contribution in [1.82, 2.24) is 0 Å². The molecule has 12 nitrogen and oxygen atoms in total. The van der Waals surface area contributed by atoms with Crippen LogP contribution in [0.4, 0.5) is 0 Å². The van der Waals surface area contributed by atoms with Crippen LogP contribution in [0.25, 0.3) is 0 Å². The third-order valence-corrected chi connectivity index (χ3v) is 4.29. The van der Waals surface area contributed by atoms with Crippen LogP contribution < -0.4 is 0 Å². The van der Waals surface area contributed by atoms with Crippen LogP contribution in [0.1, 0.15) is 0 Å². The summed E-state index contributed by atoms with van der Waals surface area (Å²) in [4.78, 5) is 0. The molecule has 0 saturated carbocycles. The predicted molar refractivity (Wildman–Crippen MR) is 74.6 cm³/mol. The summed E-state index contributed by atoms with van der Waals surface area (Å²) in [6.07, 6.45) is -14.9. The van der Waals surface area contributed by atoms with E-state index in [1.165, 1.54) is 7.11 Å². The molecule has 148 valence electrons. The van der Waals surface area contributed by atoms with Gasteiger partial charge in [-0.25, -0.2) is 0 Å². The smallest absolute Gasteiger partial charge is 0.311 e. The second-order valence-electron chi connectivity index (χ2n) is 5.92. The van der Waals surface area contributed by atoms with E-state index in [0.717, 1.165) is 0 Å². The SMILES string of the molecule is CO[C@@H]1O[C@H](CO)[C@H](O[C@]2(O)O[C@H](CO)[C@H](O)[C@H](O)[C@H]2O)[C@H](O)[C@H]1O. The highest BCUT2D eigenvalue weighted by molar-refractivity contribution is 4.96. The highest BCUT2D eigenvalue weighted by atomic mass is 16.8. The molecule has 0 spiro atoms. The molecule has 0 aromatic rings. The van der Waals surface area contributed by atoms with Crippen LogP contribution in [-0.2, 0) is 18.9 Å². The summed E-state index contributed by atoms with van der Waals surface area (Å²) in [6.45, 7) is -1.53. The topological polar surface area (TPSA) is 199 Å². The van der Waals surface area contributed by atoms with E-state index in [4.69, 9.17) is 24.1 Å². The molecule has 0 aromatic heterocycles. The van der Waals surface area contributed by atoms with Crippen molar-refractivity contribution >= 4 is 0 Å². The van der Waals surface area contributed by atoms with Gasteiger partial charge >= 0.3 is 5.97 Å². The van der Waals surface area contributed by atoms with Gasteiger partial charge in [-0.1, -0.05) is 0 Å². The molecule has 2 fully saturated rings. The first-order valence-corrected chi connectivity index (χ1v) is 7.58. The Bertz CT molecular complexity index is 433. The van der Waals surface area contributed by atoms with E-state index >= 15 is 0 Å². The monoisotopic (exact) mass is 372 g/mol. The zero-order valence-corrected chi connectivity index (χ0v) is 13.3. The first-order chi connectivity index (χ1) is 11.7. The number of ether oxygens (including phenoxy) is 4. The number of aliphatic hydroxyl groups is 8. The Morgan fingerprint density at radius 1 is 0.880 bits per heavy atom. The maximum atomic E-state index is 10.4. The molecule has 2 saturated heterocycles. The van der Waals surface area contributed by atoms with Gasteiger partial charge in [-0.3, -0.25) is 0 Å². The van der Waals surface area contributed by atoms with Gasteiger partial charge in [0.15, 0.2) is 12.4 Å². The summed E-state index contributed by atoms with van der Waals surface area (Å²) in [5, 5.41) is 78.4. The van der Waals surface area contributed by atoms with E-state index in [2.05, 4.69) is 0 Å². The maximum Gasteiger partial charge on any atom is 0.311 e. The number of aliphatic hydroxyl groups excluding tert-OH is 7. The Labute approximate surface area is 142 Å². The van der Waals surface area contributed by atoms with Crippen molar-refractivity contribution in [2.45, 2.75) is 61.1 Å². The van der Waals surface area contributed by atoms with Crippen LogP contribution in [0.15, 0.2) is 0 Å². The quantitative estimate of drug-likeness (QED) is 0.213. The Kier molecular flexibility index (Phi) is 6.70. The van der Waals surface area contributed by atoms with Crippen LogP contribution >= 0.6 is 0 Å². The Morgan fingerprint density at radius 2 is 1.48 bits per heavy atom. The summed E-state index contributed by atoms with van der Waals surface area (Å²) in [5.41, 5.74) is 0. The normalized spacial score (nSPS) is 51.5. The minimum atomic E-state index is -2.96. The van der Waals surface area contributed by atoms with Gasteiger partial charge in [0.05, 0.1) is 13.2 Å². The van der Waals surface area contributed by atoms with Crippen molar-refractivity contribution in [2.24, 2.45) is 0 Å². The lowest BCUT2D eigenvalue weighted by atomic mass is 9.96. The van der Waals surface area contributed by atoms with Crippen molar-refractivity contribution in [2.75, 3.05) is 20.3 Å². The molecule has 12 heteroatoms. The van der Waals surface area contributed by atoms with Crippen molar-refractivity contribution in [3.63, 3.8) is 0 Å². The van der Waals surface area contributed by atoms with Crippen molar-refractivity contribution in [3.8, 4) is 0 Å². The van der Waals surface area contributed by atoms with Crippen LogP contribution in [0.5, 0.6) is 0 Å². The molecule has 25 heavy (non-hydrogen) atoms. The van der Waals surface area contributed by atoms with Crippen LogP contribution in [0.2, 0.25) is 0 Å². The van der Waals surface area contributed by atoms with Crippen LogP contribution in [0, 0.1) is 0 Å². The molecule has 0 bridgehead atoms. The fraction of sp³-hybridized carbons (Fsp3) is 1.00.